The number of nitrogens with two attached hydrogens (primary N) is 2. The first-order valence-corrected chi connectivity index (χ1v) is 5.43. The molecule has 0 aromatic heterocycles. The number of carbonyl (C=O) groups is 2. The maximum atomic E-state index is 11.4. The molecule has 0 spiro atoms. The van der Waals surface area contributed by atoms with Crippen LogP contribution in [0.25, 0.3) is 0 Å². The van der Waals surface area contributed by atoms with Crippen molar-refractivity contribution in [2.75, 3.05) is 31.2 Å². The number of primary amides is 1. The predicted molar refractivity (Wildman–Crippen MR) is 70.3 cm³/mol. The molecule has 98 valence electrons. The first kappa shape index (κ1) is 13.6. The Hall–Kier alpha value is -2.44. The third-order valence-corrected chi connectivity index (χ3v) is 2.28. The Morgan fingerprint density at radius 3 is 2.56 bits per heavy atom. The van der Waals surface area contributed by atoms with Gasteiger partial charge in [0.05, 0.1) is 11.4 Å². The Labute approximate surface area is 105 Å². The average molecular weight is 251 g/mol. The number of nitrogen functional groups attached to an aromatic ring is 1. The van der Waals surface area contributed by atoms with Crippen LogP contribution in [0.2, 0.25) is 0 Å². The summed E-state index contributed by atoms with van der Waals surface area (Å²) in [5.74, 6) is -0.191. The molecular formula is C11H17N5O2. The number of anilines is 2. The van der Waals surface area contributed by atoms with Gasteiger partial charge in [-0.25, -0.2) is 4.79 Å². The van der Waals surface area contributed by atoms with Gasteiger partial charge in [0.25, 0.3) is 5.91 Å². The lowest BCUT2D eigenvalue weighted by Gasteiger charge is -2.10. The second-order valence-corrected chi connectivity index (χ2v) is 3.60. The molecule has 0 aliphatic carbocycles. The Kier molecular flexibility index (Phi) is 4.79. The lowest BCUT2D eigenvalue weighted by Crippen LogP contribution is -2.33. The summed E-state index contributed by atoms with van der Waals surface area (Å²) in [7, 11) is 1.56. The van der Waals surface area contributed by atoms with Crippen LogP contribution in [0.15, 0.2) is 18.2 Å². The van der Waals surface area contributed by atoms with Gasteiger partial charge in [-0.05, 0) is 18.2 Å². The van der Waals surface area contributed by atoms with E-state index in [0.717, 1.165) is 0 Å². The van der Waals surface area contributed by atoms with E-state index in [1.807, 2.05) is 0 Å². The van der Waals surface area contributed by atoms with Gasteiger partial charge in [-0.1, -0.05) is 0 Å². The molecule has 1 aromatic carbocycles. The van der Waals surface area contributed by atoms with E-state index in [4.69, 9.17) is 11.5 Å². The highest BCUT2D eigenvalue weighted by Gasteiger charge is 2.05. The van der Waals surface area contributed by atoms with Crippen LogP contribution >= 0.6 is 0 Å². The van der Waals surface area contributed by atoms with Crippen LogP contribution in [-0.2, 0) is 0 Å². The van der Waals surface area contributed by atoms with Gasteiger partial charge in [0, 0.05) is 25.7 Å². The molecule has 3 amide bonds. The molecule has 1 aromatic rings. The highest BCUT2D eigenvalue weighted by Crippen LogP contribution is 2.19. The lowest BCUT2D eigenvalue weighted by molar-refractivity contribution is 0.0963. The minimum absolute atomic E-state index is 0.191. The van der Waals surface area contributed by atoms with E-state index in [2.05, 4.69) is 16.0 Å². The van der Waals surface area contributed by atoms with Gasteiger partial charge in [-0.2, -0.15) is 0 Å². The van der Waals surface area contributed by atoms with Crippen molar-refractivity contribution in [1.29, 1.82) is 0 Å². The zero-order valence-electron chi connectivity index (χ0n) is 10.1. The van der Waals surface area contributed by atoms with E-state index in [1.54, 1.807) is 25.2 Å². The third kappa shape index (κ3) is 3.85. The Bertz CT molecular complexity index is 447. The Balaban J connectivity index is 2.57. The smallest absolute Gasteiger partial charge is 0.312 e. The van der Waals surface area contributed by atoms with Gasteiger partial charge < -0.3 is 27.4 Å². The van der Waals surface area contributed by atoms with Gasteiger partial charge in [-0.3, -0.25) is 4.79 Å². The first-order valence-electron chi connectivity index (χ1n) is 5.43. The normalized spacial score (nSPS) is 9.61. The highest BCUT2D eigenvalue weighted by atomic mass is 16.2. The summed E-state index contributed by atoms with van der Waals surface area (Å²) >= 11 is 0. The van der Waals surface area contributed by atoms with Crippen LogP contribution in [0.1, 0.15) is 10.4 Å². The highest BCUT2D eigenvalue weighted by molar-refractivity contribution is 5.95. The molecule has 0 radical (unpaired) electrons. The number of nitrogens with one attached hydrogen (secondary N) is 3. The maximum absolute atomic E-state index is 11.4. The number of amides is 3. The van der Waals surface area contributed by atoms with Gasteiger partial charge in [-0.15, -0.1) is 0 Å². The summed E-state index contributed by atoms with van der Waals surface area (Å²) in [6.07, 6.45) is 0. The van der Waals surface area contributed by atoms with Crippen molar-refractivity contribution in [3.63, 3.8) is 0 Å². The molecular weight excluding hydrogens is 234 g/mol. The molecule has 0 fully saturated rings. The largest absolute Gasteiger partial charge is 0.397 e. The summed E-state index contributed by atoms with van der Waals surface area (Å²) in [4.78, 5) is 21.8. The first-order chi connectivity index (χ1) is 8.54. The van der Waals surface area contributed by atoms with Crippen LogP contribution < -0.4 is 27.4 Å². The predicted octanol–water partition coefficient (Wildman–Crippen LogP) is -0.291. The number of hydrogen-bond acceptors (Lipinski definition) is 4. The maximum Gasteiger partial charge on any atom is 0.312 e. The van der Waals surface area contributed by atoms with Gasteiger partial charge in [0.1, 0.15) is 0 Å². The molecule has 7 heteroatoms. The Morgan fingerprint density at radius 1 is 1.28 bits per heavy atom. The monoisotopic (exact) mass is 251 g/mol. The van der Waals surface area contributed by atoms with E-state index < -0.39 is 6.03 Å². The van der Waals surface area contributed by atoms with Crippen molar-refractivity contribution >= 4 is 23.3 Å². The summed E-state index contributed by atoms with van der Waals surface area (Å²) in [5, 5.41) is 7.99. The number of hydrogen-bond donors (Lipinski definition) is 5. The second-order valence-electron chi connectivity index (χ2n) is 3.60. The summed E-state index contributed by atoms with van der Waals surface area (Å²) < 4.78 is 0. The standard InChI is InChI=1S/C11H17N5O2/c1-14-10(17)7-2-3-9(8(12)6-7)15-4-5-16-11(13)18/h2-3,6,15H,4-5,12H2,1H3,(H,14,17)(H3,13,16,18). The molecule has 7 nitrogen and oxygen atoms in total. The van der Waals surface area contributed by atoms with E-state index in [0.29, 0.717) is 30.0 Å². The fourth-order valence-corrected chi connectivity index (χ4v) is 1.39. The number of carbonyl (C=O) groups excluding carboxylic acids is 2. The second kappa shape index (κ2) is 6.33. The van der Waals surface area contributed by atoms with Crippen LogP contribution in [0.3, 0.4) is 0 Å². The molecule has 1 rings (SSSR count). The summed E-state index contributed by atoms with van der Waals surface area (Å²) in [6.45, 7) is 0.887. The third-order valence-electron chi connectivity index (χ3n) is 2.28. The number of benzene rings is 1. The van der Waals surface area contributed by atoms with Crippen molar-refractivity contribution in [3.8, 4) is 0 Å². The molecule has 0 atom stereocenters. The molecule has 18 heavy (non-hydrogen) atoms. The SMILES string of the molecule is CNC(=O)c1ccc(NCCNC(N)=O)c(N)c1. The van der Waals surface area contributed by atoms with Crippen molar-refractivity contribution < 1.29 is 9.59 Å². The van der Waals surface area contributed by atoms with Crippen molar-refractivity contribution in [2.45, 2.75) is 0 Å². The average Bonchev–Trinajstić information content (AvgIpc) is 2.34. The van der Waals surface area contributed by atoms with E-state index >= 15 is 0 Å². The zero-order chi connectivity index (χ0) is 13.5. The summed E-state index contributed by atoms with van der Waals surface area (Å²) in [5.41, 5.74) is 12.4. The quantitative estimate of drug-likeness (QED) is 0.364. The molecule has 0 bridgehead atoms. The van der Waals surface area contributed by atoms with Crippen molar-refractivity contribution in [3.05, 3.63) is 23.8 Å². The topological polar surface area (TPSA) is 122 Å². The van der Waals surface area contributed by atoms with E-state index in [1.165, 1.54) is 0 Å². The van der Waals surface area contributed by atoms with Gasteiger partial charge in [0.2, 0.25) is 0 Å². The Morgan fingerprint density at radius 2 is 2.00 bits per heavy atom. The van der Waals surface area contributed by atoms with E-state index in [-0.39, 0.29) is 5.91 Å². The lowest BCUT2D eigenvalue weighted by atomic mass is 10.1. The molecule has 0 saturated carbocycles. The van der Waals surface area contributed by atoms with Gasteiger partial charge in [0.15, 0.2) is 0 Å². The minimum atomic E-state index is -0.570. The van der Waals surface area contributed by atoms with Gasteiger partial charge >= 0.3 is 6.03 Å². The zero-order valence-corrected chi connectivity index (χ0v) is 10.1. The van der Waals surface area contributed by atoms with Crippen molar-refractivity contribution in [2.24, 2.45) is 5.73 Å². The molecule has 0 saturated heterocycles. The van der Waals surface area contributed by atoms with Crippen LogP contribution in [0, 0.1) is 0 Å². The van der Waals surface area contributed by atoms with E-state index in [9.17, 15) is 9.59 Å². The minimum Gasteiger partial charge on any atom is -0.397 e. The fourth-order valence-electron chi connectivity index (χ4n) is 1.39. The molecule has 0 aliphatic rings. The van der Waals surface area contributed by atoms with Crippen LogP contribution in [0.4, 0.5) is 16.2 Å². The molecule has 0 aliphatic heterocycles. The molecule has 0 unspecified atom stereocenters. The van der Waals surface area contributed by atoms with Crippen LogP contribution in [-0.4, -0.2) is 32.1 Å². The molecule has 7 N–H and O–H groups in total. The number of urea groups is 1. The molecule has 0 heterocycles. The fraction of sp³-hybridized carbons (Fsp3) is 0.273. The number of rotatable bonds is 5. The van der Waals surface area contributed by atoms with Crippen LogP contribution in [0.5, 0.6) is 0 Å². The van der Waals surface area contributed by atoms with Crippen molar-refractivity contribution in [1.82, 2.24) is 10.6 Å². The summed E-state index contributed by atoms with van der Waals surface area (Å²) in [6, 6.07) is 4.39.